The third-order valence-corrected chi connectivity index (χ3v) is 4.01. The smallest absolute Gasteiger partial charge is 1.00 e. The fourth-order valence-electron chi connectivity index (χ4n) is 2.77. The molecule has 2 aromatic rings. The van der Waals surface area contributed by atoms with Crippen molar-refractivity contribution in [1.29, 1.82) is 0 Å². The molecule has 4 rings (SSSR count). The number of hydrogen-bond acceptors (Lipinski definition) is 0. The van der Waals surface area contributed by atoms with E-state index >= 15 is 0 Å². The van der Waals surface area contributed by atoms with E-state index in [4.69, 9.17) is 0 Å². The molecule has 0 saturated carbocycles. The van der Waals surface area contributed by atoms with Gasteiger partial charge in [-0.15, -0.1) is 12.8 Å². The molecule has 0 aliphatic heterocycles. The second-order valence-electron chi connectivity index (χ2n) is 5.94. The van der Waals surface area contributed by atoms with E-state index in [0.717, 1.165) is 25.7 Å². The second kappa shape index (κ2) is 14.9. The molecule has 0 radical (unpaired) electrons. The van der Waals surface area contributed by atoms with Crippen molar-refractivity contribution >= 4 is 0 Å². The zero-order chi connectivity index (χ0) is 16.5. The molecule has 27 heavy (non-hydrogen) atoms. The molecule has 2 aromatic carbocycles. The van der Waals surface area contributed by atoms with Crippen LogP contribution in [0.4, 0.5) is 0 Å². The van der Waals surface area contributed by atoms with Gasteiger partial charge in [0, 0.05) is 0 Å². The molecule has 0 fully saturated rings. The number of benzene rings is 2. The van der Waals surface area contributed by atoms with Gasteiger partial charge in [-0.3, -0.25) is 12.2 Å². The minimum absolute atomic E-state index is 0. The molecule has 0 nitrogen and oxygen atoms in total. The fourth-order valence-corrected chi connectivity index (χ4v) is 2.77. The molecule has 2 aliphatic carbocycles. The van der Waals surface area contributed by atoms with Crippen LogP contribution in [0, 0.1) is 12.2 Å². The van der Waals surface area contributed by atoms with Crippen molar-refractivity contribution in [1.82, 2.24) is 0 Å². The fraction of sp³-hybridized carbons (Fsp3) is 0.167. The van der Waals surface area contributed by atoms with Crippen LogP contribution in [0.15, 0.2) is 96.1 Å². The molecule has 136 valence electrons. The first-order valence-electron chi connectivity index (χ1n) is 8.50. The van der Waals surface area contributed by atoms with Crippen molar-refractivity contribution in [3.63, 3.8) is 0 Å². The Bertz CT molecular complexity index is 692. The van der Waals surface area contributed by atoms with Crippen LogP contribution in [0.2, 0.25) is 0 Å². The Kier molecular flexibility index (Phi) is 14.2. The van der Waals surface area contributed by atoms with E-state index in [9.17, 15) is 0 Å². The molecular weight excluding hydrogens is 450 g/mol. The Morgan fingerprint density at radius 3 is 1.26 bits per heavy atom. The zero-order valence-electron chi connectivity index (χ0n) is 15.2. The quantitative estimate of drug-likeness (QED) is 0.543. The maximum atomic E-state index is 3.31. The molecule has 0 saturated heterocycles. The maximum absolute atomic E-state index is 3.31. The van der Waals surface area contributed by atoms with E-state index in [2.05, 4.69) is 85.0 Å². The van der Waals surface area contributed by atoms with Crippen molar-refractivity contribution < 1.29 is 51.0 Å². The van der Waals surface area contributed by atoms with Crippen LogP contribution < -0.4 is 24.8 Å². The summed E-state index contributed by atoms with van der Waals surface area (Å²) in [7, 11) is 0. The summed E-state index contributed by atoms with van der Waals surface area (Å²) in [5.41, 5.74) is 5.38. The van der Waals surface area contributed by atoms with Gasteiger partial charge in [0.1, 0.15) is 0 Å². The average molecular weight is 473 g/mol. The summed E-state index contributed by atoms with van der Waals surface area (Å²) in [6, 6.07) is 21.0. The van der Waals surface area contributed by atoms with E-state index in [0.29, 0.717) is 0 Å². The van der Waals surface area contributed by atoms with Gasteiger partial charge in [-0.05, 0) is 24.0 Å². The minimum Gasteiger partial charge on any atom is -1.00 e. The average Bonchev–Trinajstić information content (AvgIpc) is 3.32. The predicted octanol–water partition coefficient (Wildman–Crippen LogP) is -0.157. The third kappa shape index (κ3) is 9.56. The molecular formula is C24H22Cl2Zr. The predicted molar refractivity (Wildman–Crippen MR) is 101 cm³/mol. The van der Waals surface area contributed by atoms with Crippen molar-refractivity contribution in [2.45, 2.75) is 25.7 Å². The first-order chi connectivity index (χ1) is 11.9. The molecule has 0 atom stereocenters. The Morgan fingerprint density at radius 2 is 0.963 bits per heavy atom. The maximum Gasteiger partial charge on any atom is 4.00 e. The molecule has 3 heteroatoms. The normalized spacial score (nSPS) is 13.2. The standard InChI is InChI=1S/2C12H11.2ClH.Zr/c2*1-2-6-11(7-3-1)10-12-8-4-5-9-12;;;/h2*1-4,6-8H,5,10H2;2*1H;/q2*-1;;;+4/p-2. The molecule has 0 N–H and O–H groups in total. The monoisotopic (exact) mass is 470 g/mol. The van der Waals surface area contributed by atoms with E-state index in [-0.39, 0.29) is 51.0 Å². The van der Waals surface area contributed by atoms with Gasteiger partial charge in [0.05, 0.1) is 0 Å². The van der Waals surface area contributed by atoms with Crippen molar-refractivity contribution in [2.24, 2.45) is 0 Å². The summed E-state index contributed by atoms with van der Waals surface area (Å²) >= 11 is 0. The van der Waals surface area contributed by atoms with Gasteiger partial charge in [0.25, 0.3) is 0 Å². The van der Waals surface area contributed by atoms with Gasteiger partial charge in [0.2, 0.25) is 0 Å². The van der Waals surface area contributed by atoms with Crippen LogP contribution in [0.5, 0.6) is 0 Å². The SMILES string of the molecule is [C-]1=C(Cc2ccccc2)C=CC1.[C-]1=C(Cc2ccccc2)C=CC1.[Cl-].[Cl-].[Zr+4]. The van der Waals surface area contributed by atoms with Crippen LogP contribution in [-0.2, 0) is 39.0 Å². The topological polar surface area (TPSA) is 0 Å². The summed E-state index contributed by atoms with van der Waals surface area (Å²) in [4.78, 5) is 0. The van der Waals surface area contributed by atoms with Crippen molar-refractivity contribution in [3.05, 3.63) is 119 Å². The van der Waals surface area contributed by atoms with Crippen LogP contribution in [0.1, 0.15) is 24.0 Å². The molecule has 0 amide bonds. The Balaban J connectivity index is 0.000000451. The van der Waals surface area contributed by atoms with Gasteiger partial charge < -0.3 is 24.8 Å². The van der Waals surface area contributed by atoms with Crippen LogP contribution in [0.3, 0.4) is 0 Å². The molecule has 2 aliphatic rings. The number of hydrogen-bond donors (Lipinski definition) is 0. The molecule has 0 heterocycles. The first-order valence-corrected chi connectivity index (χ1v) is 8.50. The molecule has 0 unspecified atom stereocenters. The minimum atomic E-state index is 0. The first kappa shape index (κ1) is 25.9. The number of rotatable bonds is 4. The summed E-state index contributed by atoms with van der Waals surface area (Å²) in [5, 5.41) is 0. The van der Waals surface area contributed by atoms with Crippen molar-refractivity contribution in [2.75, 3.05) is 0 Å². The van der Waals surface area contributed by atoms with E-state index in [1.807, 2.05) is 12.1 Å². The Morgan fingerprint density at radius 1 is 0.593 bits per heavy atom. The number of allylic oxidation sites excluding steroid dienone is 8. The molecule has 0 spiro atoms. The van der Waals surface area contributed by atoms with Crippen LogP contribution in [-0.4, -0.2) is 0 Å². The van der Waals surface area contributed by atoms with Gasteiger partial charge in [-0.25, -0.2) is 23.3 Å². The van der Waals surface area contributed by atoms with Gasteiger partial charge in [0.15, 0.2) is 0 Å². The second-order valence-corrected chi connectivity index (χ2v) is 5.94. The van der Waals surface area contributed by atoms with Gasteiger partial charge in [-0.2, -0.15) is 12.2 Å². The summed E-state index contributed by atoms with van der Waals surface area (Å²) < 4.78 is 0. The summed E-state index contributed by atoms with van der Waals surface area (Å²) in [6.07, 6.45) is 19.3. The Hall–Kier alpha value is -1.14. The van der Waals surface area contributed by atoms with Gasteiger partial charge in [-0.1, -0.05) is 60.7 Å². The third-order valence-electron chi connectivity index (χ3n) is 4.01. The summed E-state index contributed by atoms with van der Waals surface area (Å²) in [6.45, 7) is 0. The Labute approximate surface area is 195 Å². The van der Waals surface area contributed by atoms with E-state index in [1.54, 1.807) is 0 Å². The van der Waals surface area contributed by atoms with Gasteiger partial charge >= 0.3 is 26.2 Å². The van der Waals surface area contributed by atoms with Crippen LogP contribution in [0.25, 0.3) is 0 Å². The van der Waals surface area contributed by atoms with Crippen molar-refractivity contribution in [3.8, 4) is 0 Å². The van der Waals surface area contributed by atoms with E-state index in [1.165, 1.54) is 22.3 Å². The molecule has 0 bridgehead atoms. The largest absolute Gasteiger partial charge is 4.00 e. The van der Waals surface area contributed by atoms with E-state index < -0.39 is 0 Å². The zero-order valence-corrected chi connectivity index (χ0v) is 19.1. The number of halogens is 2. The summed E-state index contributed by atoms with van der Waals surface area (Å²) in [5.74, 6) is 0. The molecule has 0 aromatic heterocycles. The van der Waals surface area contributed by atoms with Crippen LogP contribution >= 0.6 is 0 Å².